The Kier molecular flexibility index (Phi) is 6.35. The fraction of sp³-hybridized carbons (Fsp3) is 0.500. The van der Waals surface area contributed by atoms with Crippen LogP contribution < -0.4 is 5.73 Å². The molecule has 0 aliphatic carbocycles. The molecule has 8 heteroatoms. The van der Waals surface area contributed by atoms with Crippen molar-refractivity contribution in [2.75, 3.05) is 26.8 Å². The van der Waals surface area contributed by atoms with Gasteiger partial charge >= 0.3 is 0 Å². The Morgan fingerprint density at radius 1 is 1.45 bits per heavy atom. The SMILES string of the molecule is CCOCCN(C)S(=O)(=O)c1cc(F)c(Cl)c(CN)c1. The van der Waals surface area contributed by atoms with Gasteiger partial charge in [0.2, 0.25) is 10.0 Å². The van der Waals surface area contributed by atoms with Crippen LogP contribution in [0, 0.1) is 5.82 Å². The molecule has 0 bridgehead atoms. The van der Waals surface area contributed by atoms with Gasteiger partial charge in [0.15, 0.2) is 0 Å². The maximum Gasteiger partial charge on any atom is 0.243 e. The van der Waals surface area contributed by atoms with Gasteiger partial charge in [0.25, 0.3) is 0 Å². The van der Waals surface area contributed by atoms with E-state index >= 15 is 0 Å². The smallest absolute Gasteiger partial charge is 0.243 e. The highest BCUT2D eigenvalue weighted by atomic mass is 35.5. The molecule has 0 saturated heterocycles. The van der Waals surface area contributed by atoms with Gasteiger partial charge in [0.1, 0.15) is 5.82 Å². The van der Waals surface area contributed by atoms with Gasteiger partial charge in [0.05, 0.1) is 16.5 Å². The highest BCUT2D eigenvalue weighted by Crippen LogP contribution is 2.25. The molecule has 2 N–H and O–H groups in total. The van der Waals surface area contributed by atoms with Crippen LogP contribution in [0.2, 0.25) is 5.02 Å². The summed E-state index contributed by atoms with van der Waals surface area (Å²) in [5, 5.41) is -0.150. The average Bonchev–Trinajstić information content (AvgIpc) is 2.41. The van der Waals surface area contributed by atoms with Crippen LogP contribution in [0.3, 0.4) is 0 Å². The maximum absolute atomic E-state index is 13.6. The van der Waals surface area contributed by atoms with E-state index < -0.39 is 15.8 Å². The quantitative estimate of drug-likeness (QED) is 0.773. The van der Waals surface area contributed by atoms with Crippen molar-refractivity contribution in [2.24, 2.45) is 5.73 Å². The van der Waals surface area contributed by atoms with Gasteiger partial charge in [-0.1, -0.05) is 11.6 Å². The van der Waals surface area contributed by atoms with E-state index in [1.54, 1.807) is 0 Å². The van der Waals surface area contributed by atoms with Crippen molar-refractivity contribution in [1.82, 2.24) is 4.31 Å². The molecule has 1 rings (SSSR count). The Morgan fingerprint density at radius 2 is 2.10 bits per heavy atom. The summed E-state index contributed by atoms with van der Waals surface area (Å²) in [5.41, 5.74) is 5.68. The second-order valence-electron chi connectivity index (χ2n) is 4.11. The first-order valence-electron chi connectivity index (χ1n) is 6.06. The Labute approximate surface area is 123 Å². The van der Waals surface area contributed by atoms with Crippen LogP contribution in [0.4, 0.5) is 4.39 Å². The summed E-state index contributed by atoms with van der Waals surface area (Å²) < 4.78 is 44.4. The predicted molar refractivity (Wildman–Crippen MR) is 75.6 cm³/mol. The Bertz CT molecular complexity index is 566. The molecule has 114 valence electrons. The minimum absolute atomic E-state index is 0.0399. The zero-order valence-corrected chi connectivity index (χ0v) is 13.0. The van der Waals surface area contributed by atoms with Crippen molar-refractivity contribution >= 4 is 21.6 Å². The normalized spacial score (nSPS) is 12.1. The van der Waals surface area contributed by atoms with E-state index in [1.807, 2.05) is 6.92 Å². The number of nitrogens with zero attached hydrogens (tertiary/aromatic N) is 1. The lowest BCUT2D eigenvalue weighted by Crippen LogP contribution is -2.30. The van der Waals surface area contributed by atoms with Gasteiger partial charge in [-0.15, -0.1) is 0 Å². The number of likely N-dealkylation sites (N-methyl/N-ethyl adjacent to an activating group) is 1. The summed E-state index contributed by atoms with van der Waals surface area (Å²) in [5.74, 6) is -0.800. The molecule has 0 heterocycles. The summed E-state index contributed by atoms with van der Waals surface area (Å²) in [6.07, 6.45) is 0. The largest absolute Gasteiger partial charge is 0.380 e. The number of benzene rings is 1. The number of halogens is 2. The van der Waals surface area contributed by atoms with Crippen molar-refractivity contribution in [2.45, 2.75) is 18.4 Å². The van der Waals surface area contributed by atoms with Crippen LogP contribution in [-0.2, 0) is 21.3 Å². The minimum atomic E-state index is -3.79. The average molecular weight is 325 g/mol. The number of hydrogen-bond acceptors (Lipinski definition) is 4. The van der Waals surface area contributed by atoms with Crippen molar-refractivity contribution in [3.05, 3.63) is 28.5 Å². The lowest BCUT2D eigenvalue weighted by Gasteiger charge is -2.18. The summed E-state index contributed by atoms with van der Waals surface area (Å²) in [6, 6.07) is 2.19. The highest BCUT2D eigenvalue weighted by Gasteiger charge is 2.23. The van der Waals surface area contributed by atoms with Gasteiger partial charge in [-0.3, -0.25) is 0 Å². The second kappa shape index (κ2) is 7.33. The predicted octanol–water partition coefficient (Wildman–Crippen LogP) is 1.59. The summed E-state index contributed by atoms with van der Waals surface area (Å²) >= 11 is 5.71. The van der Waals surface area contributed by atoms with Crippen molar-refractivity contribution in [1.29, 1.82) is 0 Å². The first kappa shape index (κ1) is 17.3. The van der Waals surface area contributed by atoms with Crippen LogP contribution >= 0.6 is 11.6 Å². The number of hydrogen-bond donors (Lipinski definition) is 1. The number of rotatable bonds is 7. The van der Waals surface area contributed by atoms with E-state index in [1.165, 1.54) is 13.1 Å². The van der Waals surface area contributed by atoms with Gasteiger partial charge in [0, 0.05) is 26.7 Å². The first-order valence-corrected chi connectivity index (χ1v) is 7.88. The maximum atomic E-state index is 13.6. The Morgan fingerprint density at radius 3 is 2.65 bits per heavy atom. The second-order valence-corrected chi connectivity index (χ2v) is 6.53. The number of ether oxygens (including phenoxy) is 1. The third-order valence-electron chi connectivity index (χ3n) is 2.76. The third kappa shape index (κ3) is 3.89. The number of sulfonamides is 1. The highest BCUT2D eigenvalue weighted by molar-refractivity contribution is 7.89. The molecule has 0 aromatic heterocycles. The molecular weight excluding hydrogens is 307 g/mol. The summed E-state index contributed by atoms with van der Waals surface area (Å²) in [7, 11) is -2.39. The molecule has 1 aromatic carbocycles. The molecule has 0 aliphatic heterocycles. The molecule has 0 spiro atoms. The van der Waals surface area contributed by atoms with E-state index in [0.717, 1.165) is 10.4 Å². The molecule has 0 atom stereocenters. The summed E-state index contributed by atoms with van der Waals surface area (Å²) in [4.78, 5) is -0.168. The zero-order valence-electron chi connectivity index (χ0n) is 11.4. The standard InChI is InChI=1S/C12H18ClFN2O3S/c1-3-19-5-4-16(2)20(17,18)10-6-9(8-15)12(13)11(14)7-10/h6-7H,3-5,8,15H2,1-2H3. The molecular formula is C12H18ClFN2O3S. The minimum Gasteiger partial charge on any atom is -0.380 e. The lowest BCUT2D eigenvalue weighted by atomic mass is 10.2. The van der Waals surface area contributed by atoms with Crippen molar-refractivity contribution in [3.63, 3.8) is 0 Å². The monoisotopic (exact) mass is 324 g/mol. The molecule has 20 heavy (non-hydrogen) atoms. The van der Waals surface area contributed by atoms with E-state index in [2.05, 4.69) is 0 Å². The van der Waals surface area contributed by atoms with E-state index in [0.29, 0.717) is 6.61 Å². The fourth-order valence-corrected chi connectivity index (χ4v) is 2.96. The first-order chi connectivity index (χ1) is 9.34. The van der Waals surface area contributed by atoms with Crippen molar-refractivity contribution < 1.29 is 17.5 Å². The molecule has 0 fully saturated rings. The van der Waals surface area contributed by atoms with E-state index in [4.69, 9.17) is 22.1 Å². The van der Waals surface area contributed by atoms with Crippen LogP contribution in [0.15, 0.2) is 17.0 Å². The van der Waals surface area contributed by atoms with Crippen LogP contribution in [0.1, 0.15) is 12.5 Å². The number of nitrogens with two attached hydrogens (primary N) is 1. The van der Waals surface area contributed by atoms with Crippen LogP contribution in [0.5, 0.6) is 0 Å². The van der Waals surface area contributed by atoms with E-state index in [-0.39, 0.29) is 35.2 Å². The Balaban J connectivity index is 3.06. The molecule has 1 aromatic rings. The molecule has 0 aliphatic rings. The van der Waals surface area contributed by atoms with E-state index in [9.17, 15) is 12.8 Å². The van der Waals surface area contributed by atoms with Crippen molar-refractivity contribution in [3.8, 4) is 0 Å². The molecule has 0 saturated carbocycles. The van der Waals surface area contributed by atoms with Crippen LogP contribution in [-0.4, -0.2) is 39.5 Å². The molecule has 5 nitrogen and oxygen atoms in total. The zero-order chi connectivity index (χ0) is 15.3. The van der Waals surface area contributed by atoms with Gasteiger partial charge in [-0.05, 0) is 24.6 Å². The Hall–Kier alpha value is -0.730. The topological polar surface area (TPSA) is 72.6 Å². The van der Waals surface area contributed by atoms with Crippen LogP contribution in [0.25, 0.3) is 0 Å². The molecule has 0 unspecified atom stereocenters. The lowest BCUT2D eigenvalue weighted by molar-refractivity contribution is 0.138. The van der Waals surface area contributed by atoms with Gasteiger partial charge in [-0.25, -0.2) is 12.8 Å². The van der Waals surface area contributed by atoms with Gasteiger partial charge in [-0.2, -0.15) is 4.31 Å². The fourth-order valence-electron chi connectivity index (χ4n) is 1.55. The third-order valence-corrected chi connectivity index (χ3v) is 5.02. The summed E-state index contributed by atoms with van der Waals surface area (Å²) in [6.45, 7) is 2.73. The molecule has 0 radical (unpaired) electrons. The van der Waals surface area contributed by atoms with Gasteiger partial charge < -0.3 is 10.5 Å². The molecule has 0 amide bonds.